The van der Waals surface area contributed by atoms with Crippen LogP contribution in [0.25, 0.3) is 11.3 Å². The van der Waals surface area contributed by atoms with Gasteiger partial charge in [-0.1, -0.05) is 12.1 Å². The molecule has 0 saturated carbocycles. The van der Waals surface area contributed by atoms with E-state index in [0.717, 1.165) is 5.56 Å². The topological polar surface area (TPSA) is 103 Å². The molecule has 0 aliphatic rings. The van der Waals surface area contributed by atoms with Gasteiger partial charge in [-0.25, -0.2) is 18.1 Å². The van der Waals surface area contributed by atoms with Crippen LogP contribution in [-0.4, -0.2) is 29.7 Å². The summed E-state index contributed by atoms with van der Waals surface area (Å²) in [4.78, 5) is 4.40. The molecule has 144 valence electrons. The number of benzene rings is 1. The van der Waals surface area contributed by atoms with Gasteiger partial charge in [-0.15, -0.1) is 0 Å². The second-order valence-electron chi connectivity index (χ2n) is 6.15. The first-order chi connectivity index (χ1) is 13.5. The summed E-state index contributed by atoms with van der Waals surface area (Å²) in [6.45, 7) is 1.85. The van der Waals surface area contributed by atoms with Gasteiger partial charge in [0.1, 0.15) is 23.8 Å². The largest absolute Gasteiger partial charge is 0.467 e. The van der Waals surface area contributed by atoms with Crippen LogP contribution in [-0.2, 0) is 10.0 Å². The van der Waals surface area contributed by atoms with Crippen LogP contribution in [0.15, 0.2) is 81.1 Å². The lowest BCUT2D eigenvalue weighted by molar-refractivity contribution is 0.402. The van der Waals surface area contributed by atoms with E-state index in [4.69, 9.17) is 8.83 Å². The number of sulfonamides is 1. The lowest BCUT2D eigenvalue weighted by Crippen LogP contribution is -2.31. The minimum absolute atomic E-state index is 0.0990. The third-order valence-corrected chi connectivity index (χ3v) is 5.70. The minimum Gasteiger partial charge on any atom is -0.467 e. The van der Waals surface area contributed by atoms with E-state index in [1.807, 2.05) is 0 Å². The van der Waals surface area contributed by atoms with Crippen LogP contribution in [0.4, 0.5) is 0 Å². The predicted octanol–water partition coefficient (Wildman–Crippen LogP) is 3.01. The molecule has 3 heterocycles. The highest BCUT2D eigenvalue weighted by molar-refractivity contribution is 7.89. The summed E-state index contributed by atoms with van der Waals surface area (Å²) in [6, 6.07) is 11.4. The molecule has 1 atom stereocenters. The van der Waals surface area contributed by atoms with E-state index in [1.165, 1.54) is 18.4 Å². The Morgan fingerprint density at radius 3 is 2.57 bits per heavy atom. The SMILES string of the molecule is Cc1nc(-c2ccc(S(=O)(=O)NC[C@H](c3ccco3)n3cccn3)cc2)co1. The van der Waals surface area contributed by atoms with Crippen LogP contribution in [0.2, 0.25) is 0 Å². The summed E-state index contributed by atoms with van der Waals surface area (Å²) in [5.41, 5.74) is 1.44. The van der Waals surface area contributed by atoms with E-state index in [2.05, 4.69) is 14.8 Å². The molecule has 28 heavy (non-hydrogen) atoms. The van der Waals surface area contributed by atoms with E-state index in [9.17, 15) is 8.42 Å². The number of furan rings is 1. The highest BCUT2D eigenvalue weighted by atomic mass is 32.2. The van der Waals surface area contributed by atoms with Crippen molar-refractivity contribution in [3.8, 4) is 11.3 Å². The fourth-order valence-corrected chi connectivity index (χ4v) is 3.88. The third kappa shape index (κ3) is 3.75. The fraction of sp³-hybridized carbons (Fsp3) is 0.158. The molecule has 0 aliphatic heterocycles. The molecule has 1 N–H and O–H groups in total. The lowest BCUT2D eigenvalue weighted by Gasteiger charge is -2.16. The van der Waals surface area contributed by atoms with Crippen LogP contribution < -0.4 is 4.72 Å². The van der Waals surface area contributed by atoms with Crippen molar-refractivity contribution in [2.45, 2.75) is 17.9 Å². The second kappa shape index (κ2) is 7.45. The minimum atomic E-state index is -3.71. The van der Waals surface area contributed by atoms with Crippen LogP contribution in [0.3, 0.4) is 0 Å². The fourth-order valence-electron chi connectivity index (χ4n) is 2.84. The van der Waals surface area contributed by atoms with Gasteiger partial charge in [0.15, 0.2) is 5.89 Å². The molecule has 1 aromatic carbocycles. The van der Waals surface area contributed by atoms with E-state index in [1.54, 1.807) is 60.6 Å². The molecule has 0 fully saturated rings. The van der Waals surface area contributed by atoms with Gasteiger partial charge in [0, 0.05) is 31.4 Å². The summed E-state index contributed by atoms with van der Waals surface area (Å²) < 4.78 is 40.4. The van der Waals surface area contributed by atoms with Crippen LogP contribution in [0.5, 0.6) is 0 Å². The zero-order valence-electron chi connectivity index (χ0n) is 15.0. The van der Waals surface area contributed by atoms with Gasteiger partial charge in [0.05, 0.1) is 11.2 Å². The first kappa shape index (κ1) is 18.2. The zero-order valence-corrected chi connectivity index (χ0v) is 15.8. The molecule has 8 nitrogen and oxygen atoms in total. The van der Waals surface area contributed by atoms with Crippen LogP contribution >= 0.6 is 0 Å². The second-order valence-corrected chi connectivity index (χ2v) is 7.91. The first-order valence-corrected chi connectivity index (χ1v) is 10.1. The smallest absolute Gasteiger partial charge is 0.240 e. The molecule has 0 unspecified atom stereocenters. The normalized spacial score (nSPS) is 12.9. The Labute approximate surface area is 161 Å². The molecule has 0 radical (unpaired) electrons. The first-order valence-electron chi connectivity index (χ1n) is 8.58. The Morgan fingerprint density at radius 2 is 1.96 bits per heavy atom. The van der Waals surface area contributed by atoms with Crippen molar-refractivity contribution in [3.05, 3.63) is 79.0 Å². The molecule has 0 saturated heterocycles. The van der Waals surface area contributed by atoms with E-state index in [-0.39, 0.29) is 11.4 Å². The maximum absolute atomic E-state index is 12.7. The summed E-state index contributed by atoms with van der Waals surface area (Å²) in [6.07, 6.45) is 6.48. The van der Waals surface area contributed by atoms with Crippen molar-refractivity contribution in [1.82, 2.24) is 19.5 Å². The molecular weight excluding hydrogens is 380 g/mol. The summed E-state index contributed by atoms with van der Waals surface area (Å²) in [5, 5.41) is 4.20. The van der Waals surface area contributed by atoms with Crippen LogP contribution in [0.1, 0.15) is 17.7 Å². The maximum atomic E-state index is 12.7. The number of hydrogen-bond acceptors (Lipinski definition) is 6. The number of aromatic nitrogens is 3. The average Bonchev–Trinajstić information content (AvgIpc) is 3.45. The van der Waals surface area contributed by atoms with Crippen molar-refractivity contribution < 1.29 is 17.3 Å². The quantitative estimate of drug-likeness (QED) is 0.513. The molecule has 0 aliphatic carbocycles. The lowest BCUT2D eigenvalue weighted by atomic mass is 10.2. The molecular formula is C19H18N4O4S. The van der Waals surface area contributed by atoms with Gasteiger partial charge in [0.25, 0.3) is 0 Å². The van der Waals surface area contributed by atoms with Crippen molar-refractivity contribution in [2.24, 2.45) is 0 Å². The molecule has 0 bridgehead atoms. The Hall–Kier alpha value is -3.17. The monoisotopic (exact) mass is 398 g/mol. The molecule has 4 rings (SSSR count). The number of aryl methyl sites for hydroxylation is 1. The van der Waals surface area contributed by atoms with Crippen molar-refractivity contribution in [2.75, 3.05) is 6.54 Å². The number of hydrogen-bond donors (Lipinski definition) is 1. The van der Waals surface area contributed by atoms with E-state index < -0.39 is 16.1 Å². The average molecular weight is 398 g/mol. The highest BCUT2D eigenvalue weighted by Gasteiger charge is 2.21. The molecule has 9 heteroatoms. The van der Waals surface area contributed by atoms with Gasteiger partial charge in [0.2, 0.25) is 10.0 Å². The van der Waals surface area contributed by atoms with Crippen LogP contribution in [0, 0.1) is 6.92 Å². The van der Waals surface area contributed by atoms with Crippen molar-refractivity contribution in [3.63, 3.8) is 0 Å². The van der Waals surface area contributed by atoms with Gasteiger partial charge >= 0.3 is 0 Å². The van der Waals surface area contributed by atoms with Gasteiger partial charge < -0.3 is 8.83 Å². The Balaban J connectivity index is 1.52. The Morgan fingerprint density at radius 1 is 1.14 bits per heavy atom. The van der Waals surface area contributed by atoms with Crippen molar-refractivity contribution >= 4 is 10.0 Å². The molecule has 3 aromatic heterocycles. The molecule has 0 spiro atoms. The molecule has 0 amide bonds. The summed E-state index contributed by atoms with van der Waals surface area (Å²) in [7, 11) is -3.71. The van der Waals surface area contributed by atoms with Gasteiger partial charge in [-0.3, -0.25) is 4.68 Å². The van der Waals surface area contributed by atoms with Gasteiger partial charge in [-0.2, -0.15) is 5.10 Å². The summed E-state index contributed by atoms with van der Waals surface area (Å²) >= 11 is 0. The third-order valence-electron chi connectivity index (χ3n) is 4.26. The van der Waals surface area contributed by atoms with Crippen molar-refractivity contribution in [1.29, 1.82) is 0 Å². The Kier molecular flexibility index (Phi) is 4.84. The standard InChI is InChI=1S/C19H18N4O4S/c1-14-22-17(13-27-14)15-5-7-16(8-6-15)28(24,25)21-12-18(19-4-2-11-26-19)23-10-3-9-20-23/h2-11,13,18,21H,12H2,1H3/t18-/m1/s1. The predicted molar refractivity (Wildman–Crippen MR) is 101 cm³/mol. The number of oxazole rings is 1. The highest BCUT2D eigenvalue weighted by Crippen LogP contribution is 2.22. The maximum Gasteiger partial charge on any atom is 0.240 e. The number of nitrogens with zero attached hydrogens (tertiary/aromatic N) is 3. The summed E-state index contributed by atoms with van der Waals surface area (Å²) in [5.74, 6) is 1.17. The van der Waals surface area contributed by atoms with Gasteiger partial charge in [-0.05, 0) is 30.3 Å². The number of nitrogens with one attached hydrogen (secondary N) is 1. The van der Waals surface area contributed by atoms with E-state index in [0.29, 0.717) is 17.3 Å². The zero-order chi connectivity index (χ0) is 19.6. The molecule has 4 aromatic rings. The Bertz CT molecular complexity index is 1100. The van der Waals surface area contributed by atoms with E-state index >= 15 is 0 Å². The number of rotatable bonds is 7.